The van der Waals surface area contributed by atoms with Crippen molar-refractivity contribution in [2.24, 2.45) is 11.7 Å². The summed E-state index contributed by atoms with van der Waals surface area (Å²) in [4.78, 5) is 3.59. The van der Waals surface area contributed by atoms with Crippen LogP contribution >= 0.6 is 27.3 Å². The number of halogens is 1. The molecule has 2 N–H and O–H groups in total. The van der Waals surface area contributed by atoms with Gasteiger partial charge in [-0.2, -0.15) is 5.26 Å². The molecule has 0 fully saturated rings. The molecular formula is C13H20BrN3S. The number of rotatable bonds is 7. The Morgan fingerprint density at radius 1 is 1.56 bits per heavy atom. The SMILES string of the molecule is CC(C)CN(CCC#N)C(CN)c1cc(Br)cs1. The zero-order valence-electron chi connectivity index (χ0n) is 10.9. The van der Waals surface area contributed by atoms with Gasteiger partial charge in [-0.15, -0.1) is 11.3 Å². The van der Waals surface area contributed by atoms with Crippen LogP contribution in [-0.4, -0.2) is 24.5 Å². The van der Waals surface area contributed by atoms with E-state index in [1.165, 1.54) is 4.88 Å². The van der Waals surface area contributed by atoms with Gasteiger partial charge in [-0.05, 0) is 27.9 Å². The van der Waals surface area contributed by atoms with Gasteiger partial charge in [0, 0.05) is 40.8 Å². The standard InChI is InChI=1S/C13H20BrN3S/c1-10(2)8-17(5-3-4-15)12(7-16)13-6-11(14)9-18-13/h6,9-10,12H,3,5,7-8,16H2,1-2H3. The van der Waals surface area contributed by atoms with Crippen LogP contribution in [0.4, 0.5) is 0 Å². The van der Waals surface area contributed by atoms with Crippen molar-refractivity contribution in [1.82, 2.24) is 4.90 Å². The molecule has 1 heterocycles. The van der Waals surface area contributed by atoms with Crippen LogP contribution in [0.1, 0.15) is 31.2 Å². The molecule has 1 rings (SSSR count). The highest BCUT2D eigenvalue weighted by Gasteiger charge is 2.21. The molecule has 0 aliphatic heterocycles. The smallest absolute Gasteiger partial charge is 0.0635 e. The van der Waals surface area contributed by atoms with Crippen LogP contribution in [0, 0.1) is 17.2 Å². The maximum atomic E-state index is 8.77. The maximum Gasteiger partial charge on any atom is 0.0635 e. The van der Waals surface area contributed by atoms with Crippen molar-refractivity contribution >= 4 is 27.3 Å². The Morgan fingerprint density at radius 3 is 2.72 bits per heavy atom. The van der Waals surface area contributed by atoms with E-state index in [0.29, 0.717) is 18.9 Å². The highest BCUT2D eigenvalue weighted by Crippen LogP contribution is 2.29. The van der Waals surface area contributed by atoms with Crippen LogP contribution in [-0.2, 0) is 0 Å². The molecule has 0 bridgehead atoms. The minimum absolute atomic E-state index is 0.219. The fourth-order valence-electron chi connectivity index (χ4n) is 1.99. The van der Waals surface area contributed by atoms with E-state index in [-0.39, 0.29) is 6.04 Å². The van der Waals surface area contributed by atoms with Gasteiger partial charge in [-0.25, -0.2) is 0 Å². The van der Waals surface area contributed by atoms with Gasteiger partial charge in [-0.1, -0.05) is 13.8 Å². The van der Waals surface area contributed by atoms with E-state index < -0.39 is 0 Å². The van der Waals surface area contributed by atoms with Crippen LogP contribution in [0.2, 0.25) is 0 Å². The van der Waals surface area contributed by atoms with Crippen molar-refractivity contribution in [3.8, 4) is 6.07 Å². The molecule has 1 atom stereocenters. The van der Waals surface area contributed by atoms with Gasteiger partial charge < -0.3 is 5.73 Å². The first-order valence-electron chi connectivity index (χ1n) is 6.13. The Kier molecular flexibility index (Phi) is 6.87. The average Bonchev–Trinajstić information content (AvgIpc) is 2.72. The first-order chi connectivity index (χ1) is 8.58. The first kappa shape index (κ1) is 15.6. The predicted molar refractivity (Wildman–Crippen MR) is 80.5 cm³/mol. The van der Waals surface area contributed by atoms with E-state index in [1.807, 2.05) is 0 Å². The lowest BCUT2D eigenvalue weighted by molar-refractivity contribution is 0.186. The van der Waals surface area contributed by atoms with Gasteiger partial charge in [0.25, 0.3) is 0 Å². The molecule has 5 heteroatoms. The van der Waals surface area contributed by atoms with E-state index in [2.05, 4.69) is 52.2 Å². The van der Waals surface area contributed by atoms with Gasteiger partial charge in [-0.3, -0.25) is 4.90 Å². The summed E-state index contributed by atoms with van der Waals surface area (Å²) in [6.07, 6.45) is 0.551. The normalized spacial score (nSPS) is 12.9. The van der Waals surface area contributed by atoms with Gasteiger partial charge >= 0.3 is 0 Å². The average molecular weight is 330 g/mol. The molecule has 0 radical (unpaired) electrons. The van der Waals surface area contributed by atoms with E-state index in [0.717, 1.165) is 17.6 Å². The Morgan fingerprint density at radius 2 is 2.28 bits per heavy atom. The quantitative estimate of drug-likeness (QED) is 0.834. The van der Waals surface area contributed by atoms with E-state index in [9.17, 15) is 0 Å². The predicted octanol–water partition coefficient (Wildman–Crippen LogP) is 3.38. The second-order valence-corrected chi connectivity index (χ2v) is 6.57. The zero-order valence-corrected chi connectivity index (χ0v) is 13.3. The van der Waals surface area contributed by atoms with Gasteiger partial charge in [0.15, 0.2) is 0 Å². The molecule has 0 aromatic carbocycles. The lowest BCUT2D eigenvalue weighted by atomic mass is 10.1. The number of nitriles is 1. The second kappa shape index (κ2) is 7.90. The number of nitrogens with two attached hydrogens (primary N) is 1. The third kappa shape index (κ3) is 4.69. The van der Waals surface area contributed by atoms with Gasteiger partial charge in [0.1, 0.15) is 0 Å². The fourth-order valence-corrected chi connectivity index (χ4v) is 3.58. The molecule has 1 aromatic rings. The molecule has 0 aliphatic carbocycles. The third-order valence-corrected chi connectivity index (χ3v) is 4.49. The molecule has 0 amide bonds. The van der Waals surface area contributed by atoms with Crippen LogP contribution in [0.15, 0.2) is 15.9 Å². The van der Waals surface area contributed by atoms with E-state index in [4.69, 9.17) is 11.0 Å². The number of hydrogen-bond acceptors (Lipinski definition) is 4. The van der Waals surface area contributed by atoms with Crippen LogP contribution in [0.25, 0.3) is 0 Å². The zero-order chi connectivity index (χ0) is 13.5. The largest absolute Gasteiger partial charge is 0.329 e. The Bertz CT molecular complexity index is 397. The highest BCUT2D eigenvalue weighted by molar-refractivity contribution is 9.10. The lowest BCUT2D eigenvalue weighted by Gasteiger charge is -2.31. The minimum atomic E-state index is 0.219. The van der Waals surface area contributed by atoms with Crippen LogP contribution in [0.5, 0.6) is 0 Å². The molecule has 0 aliphatic rings. The van der Waals surface area contributed by atoms with Crippen molar-refractivity contribution in [1.29, 1.82) is 5.26 Å². The Hall–Kier alpha value is -0.410. The summed E-state index contributed by atoms with van der Waals surface area (Å²) in [6.45, 7) is 6.73. The van der Waals surface area contributed by atoms with E-state index >= 15 is 0 Å². The number of hydrogen-bond donors (Lipinski definition) is 1. The van der Waals surface area contributed by atoms with Gasteiger partial charge in [0.05, 0.1) is 12.1 Å². The summed E-state index contributed by atoms with van der Waals surface area (Å²) in [6, 6.07) is 4.57. The number of nitrogens with zero attached hydrogens (tertiary/aromatic N) is 2. The highest BCUT2D eigenvalue weighted by atomic mass is 79.9. The molecule has 1 unspecified atom stereocenters. The summed E-state index contributed by atoms with van der Waals surface area (Å²) < 4.78 is 1.10. The third-order valence-electron chi connectivity index (χ3n) is 2.69. The summed E-state index contributed by atoms with van der Waals surface area (Å²) >= 11 is 5.20. The topological polar surface area (TPSA) is 53.0 Å². The second-order valence-electron chi connectivity index (χ2n) is 4.72. The number of thiophene rings is 1. The molecule has 0 saturated heterocycles. The first-order valence-corrected chi connectivity index (χ1v) is 7.80. The monoisotopic (exact) mass is 329 g/mol. The lowest BCUT2D eigenvalue weighted by Crippen LogP contribution is -2.36. The molecule has 0 spiro atoms. The fraction of sp³-hybridized carbons (Fsp3) is 0.615. The van der Waals surface area contributed by atoms with Crippen molar-refractivity contribution in [2.45, 2.75) is 26.3 Å². The van der Waals surface area contributed by atoms with Crippen LogP contribution < -0.4 is 5.73 Å². The van der Waals surface area contributed by atoms with Crippen LogP contribution in [0.3, 0.4) is 0 Å². The summed E-state index contributed by atoms with van der Waals surface area (Å²) in [5, 5.41) is 10.8. The molecular weight excluding hydrogens is 310 g/mol. The molecule has 18 heavy (non-hydrogen) atoms. The molecule has 3 nitrogen and oxygen atoms in total. The Balaban J connectivity index is 2.82. The molecule has 100 valence electrons. The molecule has 0 saturated carbocycles. The maximum absolute atomic E-state index is 8.77. The summed E-state index contributed by atoms with van der Waals surface area (Å²) in [7, 11) is 0. The van der Waals surface area contributed by atoms with Crippen molar-refractivity contribution in [3.05, 3.63) is 20.8 Å². The minimum Gasteiger partial charge on any atom is -0.329 e. The molecule has 1 aromatic heterocycles. The van der Waals surface area contributed by atoms with Gasteiger partial charge in [0.2, 0.25) is 0 Å². The van der Waals surface area contributed by atoms with E-state index in [1.54, 1.807) is 11.3 Å². The summed E-state index contributed by atoms with van der Waals surface area (Å²) in [5.41, 5.74) is 5.93. The van der Waals surface area contributed by atoms with Crippen molar-refractivity contribution in [3.63, 3.8) is 0 Å². The van der Waals surface area contributed by atoms with Crippen molar-refractivity contribution in [2.75, 3.05) is 19.6 Å². The van der Waals surface area contributed by atoms with Crippen molar-refractivity contribution < 1.29 is 0 Å². The summed E-state index contributed by atoms with van der Waals surface area (Å²) in [5.74, 6) is 0.571. The Labute approximate surface area is 122 Å².